The van der Waals surface area contributed by atoms with E-state index in [1.807, 2.05) is 35.6 Å². The molecule has 3 heteroatoms. The van der Waals surface area contributed by atoms with Gasteiger partial charge in [-0.25, -0.2) is 0 Å². The molecule has 7 aromatic rings. The molecule has 0 saturated heterocycles. The predicted octanol–water partition coefficient (Wildman–Crippen LogP) is 9.94. The lowest BCUT2D eigenvalue weighted by molar-refractivity contribution is 0.669. The molecule has 0 amide bonds. The van der Waals surface area contributed by atoms with Gasteiger partial charge in [-0.2, -0.15) is 0 Å². The van der Waals surface area contributed by atoms with E-state index in [2.05, 4.69) is 78.9 Å². The number of benzene rings is 5. The fourth-order valence-electron chi connectivity index (χ4n) is 4.79. The van der Waals surface area contributed by atoms with Crippen molar-refractivity contribution in [1.29, 1.82) is 0 Å². The van der Waals surface area contributed by atoms with Crippen LogP contribution in [0.5, 0.6) is 0 Å². The average molecular weight is 461 g/mol. The van der Waals surface area contributed by atoms with Crippen molar-refractivity contribution in [1.82, 2.24) is 0 Å². The van der Waals surface area contributed by atoms with Crippen LogP contribution >= 0.6 is 22.9 Å². The number of hydrogen-bond donors (Lipinski definition) is 0. The van der Waals surface area contributed by atoms with Crippen molar-refractivity contribution < 1.29 is 4.42 Å². The molecule has 0 N–H and O–H groups in total. The van der Waals surface area contributed by atoms with Crippen LogP contribution in [0, 0.1) is 0 Å². The minimum atomic E-state index is 0.719. The third-order valence-corrected chi connectivity index (χ3v) is 7.88. The van der Waals surface area contributed by atoms with Crippen LogP contribution in [-0.2, 0) is 0 Å². The summed E-state index contributed by atoms with van der Waals surface area (Å²) in [6, 6.07) is 36.2. The lowest BCUT2D eigenvalue weighted by Crippen LogP contribution is -1.78. The normalized spacial score (nSPS) is 11.8. The SMILES string of the molecule is Clc1cccc2oc3ccc(-c4ccc5c(c4)sc4c(-c6ccccc6)cccc45)cc3c12. The standard InChI is InChI=1S/C30H17ClOS/c31-25-10-5-11-27-29(25)24-16-19(13-15-26(24)32-27)20-12-14-22-23-9-4-8-21(18-6-2-1-3-7-18)30(23)33-28(22)17-20/h1-17H. The molecular formula is C30H17ClOS. The second-order valence-electron chi connectivity index (χ2n) is 8.29. The van der Waals surface area contributed by atoms with Crippen molar-refractivity contribution in [3.8, 4) is 22.3 Å². The van der Waals surface area contributed by atoms with Crippen LogP contribution in [0.25, 0.3) is 64.4 Å². The van der Waals surface area contributed by atoms with E-state index >= 15 is 0 Å². The third kappa shape index (κ3) is 2.92. The molecule has 0 bridgehead atoms. The first-order valence-electron chi connectivity index (χ1n) is 10.9. The molecule has 0 atom stereocenters. The van der Waals surface area contributed by atoms with E-state index in [1.165, 1.54) is 36.9 Å². The molecule has 0 fully saturated rings. The number of thiophene rings is 1. The van der Waals surface area contributed by atoms with E-state index in [0.717, 1.165) is 32.5 Å². The van der Waals surface area contributed by atoms with E-state index in [-0.39, 0.29) is 0 Å². The summed E-state index contributed by atoms with van der Waals surface area (Å²) in [7, 11) is 0. The van der Waals surface area contributed by atoms with Crippen LogP contribution in [-0.4, -0.2) is 0 Å². The molecule has 0 spiro atoms. The molecule has 33 heavy (non-hydrogen) atoms. The first-order chi connectivity index (χ1) is 16.3. The van der Waals surface area contributed by atoms with Gasteiger partial charge in [-0.3, -0.25) is 0 Å². The molecule has 0 aliphatic carbocycles. The lowest BCUT2D eigenvalue weighted by atomic mass is 10.00. The zero-order chi connectivity index (χ0) is 21.9. The maximum Gasteiger partial charge on any atom is 0.136 e. The first-order valence-corrected chi connectivity index (χ1v) is 12.1. The van der Waals surface area contributed by atoms with Gasteiger partial charge in [0.2, 0.25) is 0 Å². The number of halogens is 1. The smallest absolute Gasteiger partial charge is 0.136 e. The van der Waals surface area contributed by atoms with Crippen LogP contribution in [0.2, 0.25) is 5.02 Å². The van der Waals surface area contributed by atoms with E-state index in [4.69, 9.17) is 16.0 Å². The monoisotopic (exact) mass is 460 g/mol. The van der Waals surface area contributed by atoms with Gasteiger partial charge < -0.3 is 4.42 Å². The molecule has 156 valence electrons. The molecule has 0 aliphatic heterocycles. The summed E-state index contributed by atoms with van der Waals surface area (Å²) in [5.74, 6) is 0. The van der Waals surface area contributed by atoms with Gasteiger partial charge in [0.25, 0.3) is 0 Å². The fourth-order valence-corrected chi connectivity index (χ4v) is 6.33. The summed E-state index contributed by atoms with van der Waals surface area (Å²) < 4.78 is 8.63. The highest BCUT2D eigenvalue weighted by atomic mass is 35.5. The van der Waals surface area contributed by atoms with Gasteiger partial charge in [-0.05, 0) is 52.6 Å². The Kier molecular flexibility index (Phi) is 4.14. The first kappa shape index (κ1) is 18.9. The van der Waals surface area contributed by atoms with Crippen molar-refractivity contribution in [3.05, 3.63) is 108 Å². The maximum absolute atomic E-state index is 6.51. The Morgan fingerprint density at radius 2 is 1.39 bits per heavy atom. The van der Waals surface area contributed by atoms with Gasteiger partial charge in [-0.15, -0.1) is 11.3 Å². The zero-order valence-corrected chi connectivity index (χ0v) is 19.1. The predicted molar refractivity (Wildman–Crippen MR) is 142 cm³/mol. The van der Waals surface area contributed by atoms with Crippen molar-refractivity contribution in [2.75, 3.05) is 0 Å². The highest BCUT2D eigenvalue weighted by Crippen LogP contribution is 2.42. The molecule has 7 rings (SSSR count). The van der Waals surface area contributed by atoms with E-state index < -0.39 is 0 Å². The highest BCUT2D eigenvalue weighted by Gasteiger charge is 2.13. The van der Waals surface area contributed by atoms with Crippen molar-refractivity contribution >= 4 is 65.0 Å². The Labute approximate surface area is 199 Å². The van der Waals surface area contributed by atoms with Gasteiger partial charge >= 0.3 is 0 Å². The number of rotatable bonds is 2. The fraction of sp³-hybridized carbons (Fsp3) is 0. The van der Waals surface area contributed by atoms with Gasteiger partial charge in [0.1, 0.15) is 11.2 Å². The average Bonchev–Trinajstić information content (AvgIpc) is 3.42. The van der Waals surface area contributed by atoms with Crippen LogP contribution in [0.4, 0.5) is 0 Å². The Hall–Kier alpha value is -3.59. The largest absolute Gasteiger partial charge is 0.456 e. The molecule has 1 nitrogen and oxygen atoms in total. The summed E-state index contributed by atoms with van der Waals surface area (Å²) in [5.41, 5.74) is 6.58. The molecular weight excluding hydrogens is 444 g/mol. The van der Waals surface area contributed by atoms with Crippen molar-refractivity contribution in [2.45, 2.75) is 0 Å². The zero-order valence-electron chi connectivity index (χ0n) is 17.5. The van der Waals surface area contributed by atoms with Crippen LogP contribution in [0.15, 0.2) is 108 Å². The van der Waals surface area contributed by atoms with Gasteiger partial charge in [0, 0.05) is 30.9 Å². The number of hydrogen-bond acceptors (Lipinski definition) is 2. The van der Waals surface area contributed by atoms with Gasteiger partial charge in [-0.1, -0.05) is 84.4 Å². The molecule has 0 radical (unpaired) electrons. The van der Waals surface area contributed by atoms with Crippen LogP contribution in [0.1, 0.15) is 0 Å². The Balaban J connectivity index is 1.43. The molecule has 5 aromatic carbocycles. The third-order valence-electron chi connectivity index (χ3n) is 6.36. The number of fused-ring (bicyclic) bond motifs is 6. The summed E-state index contributed by atoms with van der Waals surface area (Å²) in [4.78, 5) is 0. The quantitative estimate of drug-likeness (QED) is 0.250. The van der Waals surface area contributed by atoms with E-state index in [0.29, 0.717) is 0 Å². The highest BCUT2D eigenvalue weighted by molar-refractivity contribution is 7.26. The van der Waals surface area contributed by atoms with Crippen LogP contribution in [0.3, 0.4) is 0 Å². The van der Waals surface area contributed by atoms with E-state index in [9.17, 15) is 0 Å². The van der Waals surface area contributed by atoms with Crippen LogP contribution < -0.4 is 0 Å². The Morgan fingerprint density at radius 3 is 2.30 bits per heavy atom. The summed E-state index contributed by atoms with van der Waals surface area (Å²) in [5, 5.41) is 5.36. The van der Waals surface area contributed by atoms with Crippen molar-refractivity contribution in [2.24, 2.45) is 0 Å². The van der Waals surface area contributed by atoms with E-state index in [1.54, 1.807) is 0 Å². The topological polar surface area (TPSA) is 13.1 Å². The molecule has 0 unspecified atom stereocenters. The van der Waals surface area contributed by atoms with Gasteiger partial charge in [0.15, 0.2) is 0 Å². The second-order valence-corrected chi connectivity index (χ2v) is 9.75. The molecule has 2 aromatic heterocycles. The van der Waals surface area contributed by atoms with Crippen molar-refractivity contribution in [3.63, 3.8) is 0 Å². The molecule has 0 saturated carbocycles. The van der Waals surface area contributed by atoms with Gasteiger partial charge in [0.05, 0.1) is 5.02 Å². The summed E-state index contributed by atoms with van der Waals surface area (Å²) in [6.07, 6.45) is 0. The number of furan rings is 1. The summed E-state index contributed by atoms with van der Waals surface area (Å²) in [6.45, 7) is 0. The molecule has 2 heterocycles. The minimum Gasteiger partial charge on any atom is -0.456 e. The second kappa shape index (κ2) is 7.21. The maximum atomic E-state index is 6.51. The summed E-state index contributed by atoms with van der Waals surface area (Å²) >= 11 is 8.37. The minimum absolute atomic E-state index is 0.719. The Morgan fingerprint density at radius 1 is 0.576 bits per heavy atom. The molecule has 0 aliphatic rings. The lowest BCUT2D eigenvalue weighted by Gasteiger charge is -2.03. The Bertz CT molecular complexity index is 1830.